The van der Waals surface area contributed by atoms with E-state index in [1.807, 2.05) is 18.2 Å². The predicted octanol–water partition coefficient (Wildman–Crippen LogP) is 11.3. The van der Waals surface area contributed by atoms with Gasteiger partial charge >= 0.3 is 0 Å². The van der Waals surface area contributed by atoms with E-state index in [0.29, 0.717) is 0 Å². The van der Waals surface area contributed by atoms with Gasteiger partial charge in [0.2, 0.25) is 0 Å². The number of benzene rings is 4. The van der Waals surface area contributed by atoms with E-state index in [1.54, 1.807) is 6.26 Å². The normalized spacial score (nSPS) is 11.4. The van der Waals surface area contributed by atoms with E-state index in [9.17, 15) is 0 Å². The molecule has 0 saturated carbocycles. The number of hydrogen-bond donors (Lipinski definition) is 0. The molecule has 0 unspecified atom stereocenters. The molecule has 0 spiro atoms. The van der Waals surface area contributed by atoms with Crippen LogP contribution in [0.5, 0.6) is 0 Å². The number of nitrogens with zero attached hydrogens (tertiary/aromatic N) is 1. The summed E-state index contributed by atoms with van der Waals surface area (Å²) in [6.45, 7) is 6.17. The van der Waals surface area contributed by atoms with Crippen molar-refractivity contribution in [3.63, 3.8) is 0 Å². The monoisotopic (exact) mass is 523 g/mol. The van der Waals surface area contributed by atoms with Crippen molar-refractivity contribution in [1.82, 2.24) is 4.57 Å². The summed E-state index contributed by atoms with van der Waals surface area (Å²) in [5.41, 5.74) is 9.66. The van der Waals surface area contributed by atoms with Crippen LogP contribution >= 0.6 is 0 Å². The van der Waals surface area contributed by atoms with E-state index >= 15 is 0 Å². The third-order valence-electron chi connectivity index (χ3n) is 8.06. The van der Waals surface area contributed by atoms with Crippen LogP contribution in [-0.2, 0) is 6.42 Å². The minimum absolute atomic E-state index is 0.887. The van der Waals surface area contributed by atoms with Crippen LogP contribution in [0.1, 0.15) is 56.6 Å². The van der Waals surface area contributed by atoms with Gasteiger partial charge in [-0.2, -0.15) is 0 Å². The highest BCUT2D eigenvalue weighted by molar-refractivity contribution is 6.11. The van der Waals surface area contributed by atoms with Gasteiger partial charge in [0.15, 0.2) is 0 Å². The Hall–Kier alpha value is -4.30. The van der Waals surface area contributed by atoms with Crippen molar-refractivity contribution in [2.75, 3.05) is 0 Å². The molecule has 6 aromatic rings. The van der Waals surface area contributed by atoms with Crippen molar-refractivity contribution in [1.29, 1.82) is 0 Å². The maximum atomic E-state index is 5.74. The maximum absolute atomic E-state index is 5.74. The van der Waals surface area contributed by atoms with E-state index in [2.05, 4.69) is 103 Å². The topological polar surface area (TPSA) is 18.1 Å². The number of unbranched alkanes of at least 4 members (excludes halogenated alkanes) is 5. The molecule has 6 rings (SSSR count). The molecule has 0 atom stereocenters. The molecule has 2 heteroatoms. The highest BCUT2D eigenvalue weighted by Crippen LogP contribution is 2.37. The Morgan fingerprint density at radius 2 is 1.32 bits per heavy atom. The van der Waals surface area contributed by atoms with Crippen molar-refractivity contribution < 1.29 is 4.42 Å². The zero-order chi connectivity index (χ0) is 27.3. The summed E-state index contributed by atoms with van der Waals surface area (Å²) in [4.78, 5) is 0. The SMILES string of the molecule is C=Cc1ccc(-c2ccc3c(c2)c2cc(-c4ccco4)ccc2n3-c2ccc(CCCCCCCC)cc2)cc1. The molecule has 2 aromatic heterocycles. The van der Waals surface area contributed by atoms with Crippen LogP contribution in [-0.4, -0.2) is 4.57 Å². The molecule has 2 heterocycles. The highest BCUT2D eigenvalue weighted by atomic mass is 16.3. The standard InChI is InChI=1S/C38H37NO/c1-3-5-6-7-8-9-11-29-15-21-33(22-16-29)39-36-23-19-31(30-17-13-28(4-2)14-18-30)26-34(36)35-27-32(20-24-37(35)39)38-12-10-25-40-38/h4,10,12-27H,2-3,5-9,11H2,1H3. The number of fused-ring (bicyclic) bond motifs is 3. The molecular formula is C38H37NO. The number of rotatable bonds is 11. The van der Waals surface area contributed by atoms with Crippen LogP contribution in [0.3, 0.4) is 0 Å². The molecule has 0 aliphatic carbocycles. The Bertz CT molecular complexity index is 1720. The van der Waals surface area contributed by atoms with Crippen molar-refractivity contribution in [3.8, 4) is 28.1 Å². The van der Waals surface area contributed by atoms with Crippen LogP contribution in [0.25, 0.3) is 56.0 Å². The average Bonchev–Trinajstić information content (AvgIpc) is 3.66. The molecule has 200 valence electrons. The van der Waals surface area contributed by atoms with Crippen LogP contribution in [0.15, 0.2) is 114 Å². The minimum atomic E-state index is 0.887. The summed E-state index contributed by atoms with van der Waals surface area (Å²) in [5, 5.41) is 2.47. The van der Waals surface area contributed by atoms with Crippen LogP contribution in [0, 0.1) is 0 Å². The van der Waals surface area contributed by atoms with Crippen LogP contribution < -0.4 is 0 Å². The number of hydrogen-bond acceptors (Lipinski definition) is 1. The lowest BCUT2D eigenvalue weighted by Gasteiger charge is -2.10. The molecule has 0 bridgehead atoms. The van der Waals surface area contributed by atoms with Gasteiger partial charge in [-0.25, -0.2) is 0 Å². The van der Waals surface area contributed by atoms with Gasteiger partial charge in [0.05, 0.1) is 17.3 Å². The number of aryl methyl sites for hydroxylation is 1. The van der Waals surface area contributed by atoms with Crippen molar-refractivity contribution in [3.05, 3.63) is 121 Å². The van der Waals surface area contributed by atoms with Gasteiger partial charge in [0.25, 0.3) is 0 Å². The van der Waals surface area contributed by atoms with Crippen molar-refractivity contribution >= 4 is 27.9 Å². The van der Waals surface area contributed by atoms with E-state index in [4.69, 9.17) is 4.42 Å². The summed E-state index contributed by atoms with van der Waals surface area (Å²) in [6.07, 6.45) is 12.8. The largest absolute Gasteiger partial charge is 0.464 e. The van der Waals surface area contributed by atoms with Gasteiger partial charge in [0.1, 0.15) is 5.76 Å². The maximum Gasteiger partial charge on any atom is 0.133 e. The summed E-state index contributed by atoms with van der Waals surface area (Å²) >= 11 is 0. The third-order valence-corrected chi connectivity index (χ3v) is 8.06. The summed E-state index contributed by atoms with van der Waals surface area (Å²) in [6, 6.07) is 35.3. The molecule has 40 heavy (non-hydrogen) atoms. The predicted molar refractivity (Wildman–Crippen MR) is 171 cm³/mol. The quantitative estimate of drug-likeness (QED) is 0.154. The lowest BCUT2D eigenvalue weighted by Crippen LogP contribution is -1.95. The Morgan fingerprint density at radius 3 is 2.00 bits per heavy atom. The highest BCUT2D eigenvalue weighted by Gasteiger charge is 2.15. The molecule has 2 nitrogen and oxygen atoms in total. The summed E-state index contributed by atoms with van der Waals surface area (Å²) < 4.78 is 8.14. The van der Waals surface area contributed by atoms with Gasteiger partial charge in [-0.15, -0.1) is 0 Å². The first-order chi connectivity index (χ1) is 19.7. The molecule has 0 aliphatic rings. The molecule has 0 aliphatic heterocycles. The third kappa shape index (κ3) is 5.27. The Morgan fingerprint density at radius 1 is 0.675 bits per heavy atom. The zero-order valence-corrected chi connectivity index (χ0v) is 23.4. The molecule has 0 fully saturated rings. The second kappa shape index (κ2) is 11.8. The van der Waals surface area contributed by atoms with Crippen molar-refractivity contribution in [2.45, 2.75) is 51.9 Å². The van der Waals surface area contributed by atoms with E-state index in [-0.39, 0.29) is 0 Å². The Labute approximate surface area is 237 Å². The van der Waals surface area contributed by atoms with Gasteiger partial charge in [-0.3, -0.25) is 0 Å². The smallest absolute Gasteiger partial charge is 0.133 e. The van der Waals surface area contributed by atoms with Gasteiger partial charge in [-0.1, -0.05) is 94.1 Å². The first-order valence-electron chi connectivity index (χ1n) is 14.7. The molecular weight excluding hydrogens is 486 g/mol. The Kier molecular flexibility index (Phi) is 7.68. The lowest BCUT2D eigenvalue weighted by atomic mass is 10.0. The molecule has 0 radical (unpaired) electrons. The van der Waals surface area contributed by atoms with Crippen molar-refractivity contribution in [2.24, 2.45) is 0 Å². The average molecular weight is 524 g/mol. The molecule has 0 N–H and O–H groups in total. The fourth-order valence-corrected chi connectivity index (χ4v) is 5.81. The van der Waals surface area contributed by atoms with Gasteiger partial charge in [-0.05, 0) is 89.7 Å². The van der Waals surface area contributed by atoms with Gasteiger partial charge in [0, 0.05) is 22.0 Å². The van der Waals surface area contributed by atoms with Gasteiger partial charge < -0.3 is 8.98 Å². The fraction of sp³-hybridized carbons (Fsp3) is 0.211. The van der Waals surface area contributed by atoms with E-state index in [0.717, 1.165) is 23.3 Å². The second-order valence-corrected chi connectivity index (χ2v) is 10.8. The van der Waals surface area contributed by atoms with E-state index in [1.165, 1.54) is 82.7 Å². The van der Waals surface area contributed by atoms with Crippen LogP contribution in [0.2, 0.25) is 0 Å². The molecule has 4 aromatic carbocycles. The second-order valence-electron chi connectivity index (χ2n) is 10.8. The minimum Gasteiger partial charge on any atom is -0.464 e. The molecule has 0 amide bonds. The molecule has 0 saturated heterocycles. The van der Waals surface area contributed by atoms with Crippen LogP contribution in [0.4, 0.5) is 0 Å². The summed E-state index contributed by atoms with van der Waals surface area (Å²) in [7, 11) is 0. The number of aromatic nitrogens is 1. The fourth-order valence-electron chi connectivity index (χ4n) is 5.81. The van der Waals surface area contributed by atoms with E-state index < -0.39 is 0 Å². The first kappa shape index (κ1) is 26.0. The Balaban J connectivity index is 1.39. The first-order valence-corrected chi connectivity index (χ1v) is 14.7. The lowest BCUT2D eigenvalue weighted by molar-refractivity contribution is 0.582. The zero-order valence-electron chi connectivity index (χ0n) is 23.4. The summed E-state index contributed by atoms with van der Waals surface area (Å²) in [5.74, 6) is 0.887. The number of furan rings is 1.